The van der Waals surface area contributed by atoms with E-state index in [2.05, 4.69) is 43.3 Å². The summed E-state index contributed by atoms with van der Waals surface area (Å²) < 4.78 is 11.3. The largest absolute Gasteiger partial charge is 0.493 e. The number of rotatable bonds is 7. The Labute approximate surface area is 133 Å². The molecule has 0 aromatic heterocycles. The van der Waals surface area contributed by atoms with Crippen molar-refractivity contribution in [1.29, 1.82) is 0 Å². The molecule has 0 bridgehead atoms. The van der Waals surface area contributed by atoms with Crippen molar-refractivity contribution in [3.8, 4) is 11.5 Å². The summed E-state index contributed by atoms with van der Waals surface area (Å²) in [6.45, 7) is 4.64. The molecule has 0 radical (unpaired) electrons. The van der Waals surface area contributed by atoms with Crippen molar-refractivity contribution in [2.45, 2.75) is 39.3 Å². The fourth-order valence-electron chi connectivity index (χ4n) is 2.23. The molecule has 2 N–H and O–H groups in total. The molecule has 1 atom stereocenters. The molecule has 22 heavy (non-hydrogen) atoms. The van der Waals surface area contributed by atoms with Crippen molar-refractivity contribution in [2.75, 3.05) is 7.11 Å². The van der Waals surface area contributed by atoms with E-state index in [1.165, 1.54) is 11.1 Å². The summed E-state index contributed by atoms with van der Waals surface area (Å²) in [5.74, 6) is 1.54. The Hall–Kier alpha value is -2.00. The lowest BCUT2D eigenvalue weighted by molar-refractivity contribution is 0.284. The summed E-state index contributed by atoms with van der Waals surface area (Å²) in [5, 5.41) is 0. The van der Waals surface area contributed by atoms with Crippen LogP contribution in [0.15, 0.2) is 42.5 Å². The summed E-state index contributed by atoms with van der Waals surface area (Å²) in [6.07, 6.45) is 1.91. The molecule has 118 valence electrons. The Morgan fingerprint density at radius 3 is 2.32 bits per heavy atom. The maximum atomic E-state index is 5.95. The minimum atomic E-state index is 0.207. The van der Waals surface area contributed by atoms with Crippen LogP contribution >= 0.6 is 0 Å². The van der Waals surface area contributed by atoms with E-state index in [9.17, 15) is 0 Å². The molecule has 0 aliphatic carbocycles. The van der Waals surface area contributed by atoms with Crippen LogP contribution in [0.2, 0.25) is 0 Å². The molecule has 0 heterocycles. The second kappa shape index (κ2) is 7.85. The summed E-state index contributed by atoms with van der Waals surface area (Å²) in [4.78, 5) is 0. The van der Waals surface area contributed by atoms with Gasteiger partial charge in [0.1, 0.15) is 6.61 Å². The van der Waals surface area contributed by atoms with Gasteiger partial charge in [-0.1, -0.05) is 35.9 Å². The van der Waals surface area contributed by atoms with Gasteiger partial charge in [-0.15, -0.1) is 0 Å². The van der Waals surface area contributed by atoms with Gasteiger partial charge >= 0.3 is 0 Å². The summed E-state index contributed by atoms with van der Waals surface area (Å²) in [5.41, 5.74) is 9.44. The molecule has 2 aromatic carbocycles. The third kappa shape index (κ3) is 4.78. The van der Waals surface area contributed by atoms with Crippen molar-refractivity contribution in [2.24, 2.45) is 5.73 Å². The lowest BCUT2D eigenvalue weighted by Gasteiger charge is -2.13. The maximum absolute atomic E-state index is 5.95. The van der Waals surface area contributed by atoms with Gasteiger partial charge in [0.2, 0.25) is 0 Å². The Bertz CT molecular complexity index is 591. The van der Waals surface area contributed by atoms with Crippen molar-refractivity contribution in [3.63, 3.8) is 0 Å². The van der Waals surface area contributed by atoms with Crippen molar-refractivity contribution in [1.82, 2.24) is 0 Å². The first-order chi connectivity index (χ1) is 10.6. The molecular formula is C19H25NO2. The molecule has 2 rings (SSSR count). The van der Waals surface area contributed by atoms with Crippen LogP contribution in [0.5, 0.6) is 11.5 Å². The van der Waals surface area contributed by atoms with E-state index in [0.717, 1.165) is 29.9 Å². The highest BCUT2D eigenvalue weighted by Gasteiger charge is 2.07. The monoisotopic (exact) mass is 299 g/mol. The molecule has 3 heteroatoms. The zero-order chi connectivity index (χ0) is 15.9. The average molecular weight is 299 g/mol. The Balaban J connectivity index is 2.06. The number of ether oxygens (including phenoxy) is 2. The van der Waals surface area contributed by atoms with Crippen molar-refractivity contribution in [3.05, 3.63) is 59.2 Å². The van der Waals surface area contributed by atoms with Gasteiger partial charge in [-0.05, 0) is 49.9 Å². The predicted octanol–water partition coefficient (Wildman–Crippen LogP) is 3.86. The van der Waals surface area contributed by atoms with Gasteiger partial charge in [0.25, 0.3) is 0 Å². The van der Waals surface area contributed by atoms with Crippen LogP contribution in [0.1, 0.15) is 30.0 Å². The molecule has 3 nitrogen and oxygen atoms in total. The minimum absolute atomic E-state index is 0.207. The minimum Gasteiger partial charge on any atom is -0.493 e. The number of benzene rings is 2. The highest BCUT2D eigenvalue weighted by atomic mass is 16.5. The van der Waals surface area contributed by atoms with Crippen LogP contribution in [0.4, 0.5) is 0 Å². The molecule has 1 unspecified atom stereocenters. The highest BCUT2D eigenvalue weighted by molar-refractivity contribution is 5.43. The van der Waals surface area contributed by atoms with E-state index in [1.807, 2.05) is 13.0 Å². The quantitative estimate of drug-likeness (QED) is 0.844. The second-order valence-electron chi connectivity index (χ2n) is 5.78. The fraction of sp³-hybridized carbons (Fsp3) is 0.368. The van der Waals surface area contributed by atoms with E-state index in [1.54, 1.807) is 7.11 Å². The topological polar surface area (TPSA) is 44.5 Å². The van der Waals surface area contributed by atoms with Gasteiger partial charge < -0.3 is 15.2 Å². The van der Waals surface area contributed by atoms with Gasteiger partial charge in [-0.25, -0.2) is 0 Å². The molecule has 0 saturated heterocycles. The van der Waals surface area contributed by atoms with Gasteiger partial charge in [0, 0.05) is 6.04 Å². The number of hydrogen-bond donors (Lipinski definition) is 1. The van der Waals surface area contributed by atoms with Crippen LogP contribution in [0.3, 0.4) is 0 Å². The second-order valence-corrected chi connectivity index (χ2v) is 5.78. The van der Waals surface area contributed by atoms with Crippen molar-refractivity contribution >= 4 is 0 Å². The average Bonchev–Trinajstić information content (AvgIpc) is 2.52. The normalized spacial score (nSPS) is 12.0. The first-order valence-corrected chi connectivity index (χ1v) is 7.69. The van der Waals surface area contributed by atoms with Crippen molar-refractivity contribution < 1.29 is 9.47 Å². The SMILES string of the molecule is COc1ccc(CCC(C)N)cc1OCc1ccc(C)cc1. The third-order valence-corrected chi connectivity index (χ3v) is 3.63. The van der Waals surface area contributed by atoms with Crippen LogP contribution in [0.25, 0.3) is 0 Å². The Morgan fingerprint density at radius 1 is 1.00 bits per heavy atom. The van der Waals surface area contributed by atoms with Crippen LogP contribution in [-0.2, 0) is 13.0 Å². The van der Waals surface area contributed by atoms with Gasteiger partial charge in [0.05, 0.1) is 7.11 Å². The van der Waals surface area contributed by atoms with Gasteiger partial charge in [0.15, 0.2) is 11.5 Å². The maximum Gasteiger partial charge on any atom is 0.161 e. The molecule has 0 saturated carbocycles. The summed E-state index contributed by atoms with van der Waals surface area (Å²) >= 11 is 0. The van der Waals surface area contributed by atoms with E-state index in [-0.39, 0.29) is 6.04 Å². The summed E-state index contributed by atoms with van der Waals surface area (Å²) in [7, 11) is 1.66. The highest BCUT2D eigenvalue weighted by Crippen LogP contribution is 2.29. The smallest absolute Gasteiger partial charge is 0.161 e. The number of nitrogens with two attached hydrogens (primary N) is 1. The third-order valence-electron chi connectivity index (χ3n) is 3.63. The first-order valence-electron chi connectivity index (χ1n) is 7.69. The zero-order valence-corrected chi connectivity index (χ0v) is 13.6. The van der Waals surface area contributed by atoms with Crippen LogP contribution < -0.4 is 15.2 Å². The van der Waals surface area contributed by atoms with Crippen LogP contribution in [-0.4, -0.2) is 13.2 Å². The van der Waals surface area contributed by atoms with Crippen LogP contribution in [0, 0.1) is 6.92 Å². The molecular weight excluding hydrogens is 274 g/mol. The molecule has 0 aliphatic rings. The molecule has 0 spiro atoms. The van der Waals surface area contributed by atoms with E-state index >= 15 is 0 Å². The Morgan fingerprint density at radius 2 is 1.68 bits per heavy atom. The standard InChI is InChI=1S/C19H25NO2/c1-14-4-7-17(8-5-14)13-22-19-12-16(9-6-15(2)20)10-11-18(19)21-3/h4-5,7-8,10-12,15H,6,9,13,20H2,1-3H3. The first kappa shape index (κ1) is 16.4. The Kier molecular flexibility index (Phi) is 5.84. The van der Waals surface area contributed by atoms with E-state index < -0.39 is 0 Å². The molecule has 2 aromatic rings. The number of hydrogen-bond acceptors (Lipinski definition) is 3. The van der Waals surface area contributed by atoms with E-state index in [0.29, 0.717) is 6.61 Å². The fourth-order valence-corrected chi connectivity index (χ4v) is 2.23. The molecule has 0 fully saturated rings. The lowest BCUT2D eigenvalue weighted by atomic mass is 10.1. The van der Waals surface area contributed by atoms with E-state index in [4.69, 9.17) is 15.2 Å². The molecule has 0 amide bonds. The number of methoxy groups -OCH3 is 1. The van der Waals surface area contributed by atoms with Gasteiger partial charge in [-0.2, -0.15) is 0 Å². The summed E-state index contributed by atoms with van der Waals surface area (Å²) in [6, 6.07) is 14.6. The zero-order valence-electron chi connectivity index (χ0n) is 13.6. The number of aryl methyl sites for hydroxylation is 2. The van der Waals surface area contributed by atoms with Gasteiger partial charge in [-0.3, -0.25) is 0 Å². The lowest BCUT2D eigenvalue weighted by Crippen LogP contribution is -2.15. The predicted molar refractivity (Wildman–Crippen MR) is 90.5 cm³/mol. The molecule has 0 aliphatic heterocycles.